The number of rotatable bonds is 4. The number of nitrogens with zero attached hydrogens (tertiary/aromatic N) is 2. The van der Waals surface area contributed by atoms with Gasteiger partial charge in [0.1, 0.15) is 0 Å². The molecule has 1 aromatic carbocycles. The molecule has 0 radical (unpaired) electrons. The van der Waals surface area contributed by atoms with E-state index in [1.165, 1.54) is 6.20 Å². The van der Waals surface area contributed by atoms with Gasteiger partial charge in [-0.3, -0.25) is 4.79 Å². The van der Waals surface area contributed by atoms with Gasteiger partial charge in [-0.1, -0.05) is 6.92 Å². The number of carbonyl (C=O) groups is 1. The van der Waals surface area contributed by atoms with E-state index in [-0.39, 0.29) is 11.8 Å². The first-order chi connectivity index (χ1) is 11.1. The Labute approximate surface area is 132 Å². The molecule has 7 heteroatoms. The number of benzene rings is 1. The van der Waals surface area contributed by atoms with E-state index in [1.54, 1.807) is 18.2 Å². The van der Waals surface area contributed by atoms with E-state index >= 15 is 0 Å². The van der Waals surface area contributed by atoms with Crippen molar-refractivity contribution in [2.24, 2.45) is 11.8 Å². The minimum absolute atomic E-state index is 0.0579. The molecule has 3 rings (SSSR count). The third-order valence-electron chi connectivity index (χ3n) is 4.43. The third kappa shape index (κ3) is 3.34. The molecule has 1 aliphatic heterocycles. The molecular formula is C16H19F2N3O2. The quantitative estimate of drug-likeness (QED) is 0.938. The van der Waals surface area contributed by atoms with E-state index in [1.807, 2.05) is 6.92 Å². The van der Waals surface area contributed by atoms with Crippen molar-refractivity contribution in [3.8, 4) is 0 Å². The fourth-order valence-electron chi connectivity index (χ4n) is 2.97. The van der Waals surface area contributed by atoms with Crippen LogP contribution in [-0.4, -0.2) is 28.9 Å². The van der Waals surface area contributed by atoms with Crippen LogP contribution in [0.25, 0.3) is 10.9 Å². The molecule has 5 nitrogen and oxygen atoms in total. The van der Waals surface area contributed by atoms with Gasteiger partial charge in [0.15, 0.2) is 0 Å². The topological polar surface area (TPSA) is 56.2 Å². The lowest BCUT2D eigenvalue weighted by molar-refractivity contribution is -0.122. The molecule has 23 heavy (non-hydrogen) atoms. The third-order valence-corrected chi connectivity index (χ3v) is 4.43. The Kier molecular flexibility index (Phi) is 4.56. The fourth-order valence-corrected chi connectivity index (χ4v) is 2.97. The van der Waals surface area contributed by atoms with Crippen LogP contribution in [0.1, 0.15) is 26.3 Å². The number of carbonyl (C=O) groups excluding carboxylic acids is 1. The van der Waals surface area contributed by atoms with Gasteiger partial charge >= 0.3 is 6.55 Å². The van der Waals surface area contributed by atoms with Gasteiger partial charge < -0.3 is 10.1 Å². The van der Waals surface area contributed by atoms with Gasteiger partial charge in [-0.05, 0) is 37.0 Å². The Morgan fingerprint density at radius 2 is 2.13 bits per heavy atom. The summed E-state index contributed by atoms with van der Waals surface area (Å²) in [6, 6.07) is 4.83. The van der Waals surface area contributed by atoms with Crippen LogP contribution in [0.5, 0.6) is 0 Å². The monoisotopic (exact) mass is 323 g/mol. The molecule has 2 heterocycles. The summed E-state index contributed by atoms with van der Waals surface area (Å²) in [5, 5.41) is 7.10. The summed E-state index contributed by atoms with van der Waals surface area (Å²) in [5.41, 5.74) is 0.936. The number of nitrogens with one attached hydrogen (secondary N) is 1. The van der Waals surface area contributed by atoms with E-state index in [2.05, 4.69) is 10.4 Å². The molecule has 0 aliphatic carbocycles. The molecule has 0 saturated carbocycles. The molecule has 1 aliphatic rings. The van der Waals surface area contributed by atoms with E-state index in [0.29, 0.717) is 40.4 Å². The number of aromatic nitrogens is 2. The summed E-state index contributed by atoms with van der Waals surface area (Å²) in [6.07, 6.45) is 3.14. The van der Waals surface area contributed by atoms with Crippen molar-refractivity contribution in [1.82, 2.24) is 9.78 Å². The number of amides is 1. The van der Waals surface area contributed by atoms with Gasteiger partial charge in [0.2, 0.25) is 5.91 Å². The summed E-state index contributed by atoms with van der Waals surface area (Å²) in [5.74, 6) is 0.143. The summed E-state index contributed by atoms with van der Waals surface area (Å²) >= 11 is 0. The molecular weight excluding hydrogens is 304 g/mol. The highest BCUT2D eigenvalue weighted by Crippen LogP contribution is 2.26. The van der Waals surface area contributed by atoms with Gasteiger partial charge in [0.05, 0.1) is 11.7 Å². The lowest BCUT2D eigenvalue weighted by Crippen LogP contribution is -2.30. The average molecular weight is 323 g/mol. The predicted molar refractivity (Wildman–Crippen MR) is 82.3 cm³/mol. The Morgan fingerprint density at radius 3 is 2.83 bits per heavy atom. The van der Waals surface area contributed by atoms with Crippen LogP contribution in [0.15, 0.2) is 24.4 Å². The molecule has 1 aromatic heterocycles. The van der Waals surface area contributed by atoms with Crippen molar-refractivity contribution in [1.29, 1.82) is 0 Å². The zero-order valence-electron chi connectivity index (χ0n) is 12.8. The van der Waals surface area contributed by atoms with Gasteiger partial charge in [-0.15, -0.1) is 0 Å². The Hall–Kier alpha value is -2.02. The van der Waals surface area contributed by atoms with Gasteiger partial charge in [0.25, 0.3) is 0 Å². The predicted octanol–water partition coefficient (Wildman–Crippen LogP) is 3.43. The van der Waals surface area contributed by atoms with Gasteiger partial charge in [-0.2, -0.15) is 13.9 Å². The lowest BCUT2D eigenvalue weighted by atomic mass is 9.87. The smallest absolute Gasteiger partial charge is 0.333 e. The molecule has 0 spiro atoms. The molecule has 124 valence electrons. The largest absolute Gasteiger partial charge is 0.381 e. The number of hydrogen-bond donors (Lipinski definition) is 1. The summed E-state index contributed by atoms with van der Waals surface area (Å²) in [4.78, 5) is 12.4. The maximum Gasteiger partial charge on any atom is 0.333 e. The number of ether oxygens (including phenoxy) is 1. The van der Waals surface area contributed by atoms with E-state index in [4.69, 9.17) is 4.74 Å². The molecule has 1 amide bonds. The second-order valence-corrected chi connectivity index (χ2v) is 5.87. The number of hydrogen-bond acceptors (Lipinski definition) is 3. The van der Waals surface area contributed by atoms with Crippen molar-refractivity contribution in [3.05, 3.63) is 24.4 Å². The normalized spacial score (nSPS) is 17.6. The lowest BCUT2D eigenvalue weighted by Gasteiger charge is -2.26. The van der Waals surface area contributed by atoms with Crippen molar-refractivity contribution < 1.29 is 18.3 Å². The van der Waals surface area contributed by atoms with E-state index in [9.17, 15) is 13.6 Å². The van der Waals surface area contributed by atoms with Crippen molar-refractivity contribution >= 4 is 22.5 Å². The minimum atomic E-state index is -2.68. The van der Waals surface area contributed by atoms with Crippen LogP contribution >= 0.6 is 0 Å². The second kappa shape index (κ2) is 6.62. The molecule has 1 fully saturated rings. The number of alkyl halides is 2. The van der Waals surface area contributed by atoms with Gasteiger partial charge in [-0.25, -0.2) is 4.68 Å². The van der Waals surface area contributed by atoms with Crippen molar-refractivity contribution in [3.63, 3.8) is 0 Å². The van der Waals surface area contributed by atoms with Crippen LogP contribution in [-0.2, 0) is 9.53 Å². The second-order valence-electron chi connectivity index (χ2n) is 5.87. The SMILES string of the molecule is C[C@@H](C(=O)Nc1ccc2c(cnn2C(F)F)c1)C1CCOCC1. The standard InChI is InChI=1S/C16H19F2N3O2/c1-10(11-4-6-23-7-5-11)15(22)20-13-2-3-14-12(8-13)9-19-21(14)16(17)18/h2-3,8-11,16H,4-7H2,1H3,(H,20,22)/t10-/m1/s1. The molecule has 0 bridgehead atoms. The van der Waals surface area contributed by atoms with Gasteiger partial charge in [0, 0.05) is 30.2 Å². The van der Waals surface area contributed by atoms with E-state index in [0.717, 1.165) is 12.8 Å². The minimum Gasteiger partial charge on any atom is -0.381 e. The van der Waals surface area contributed by atoms with Crippen LogP contribution in [0, 0.1) is 11.8 Å². The summed E-state index contributed by atoms with van der Waals surface area (Å²) in [7, 11) is 0. The maximum absolute atomic E-state index is 12.8. The highest BCUT2D eigenvalue weighted by molar-refractivity contribution is 5.95. The van der Waals surface area contributed by atoms with Crippen LogP contribution in [0.3, 0.4) is 0 Å². The van der Waals surface area contributed by atoms with Crippen molar-refractivity contribution in [2.75, 3.05) is 18.5 Å². The highest BCUT2D eigenvalue weighted by Gasteiger charge is 2.26. The first-order valence-electron chi connectivity index (χ1n) is 7.70. The van der Waals surface area contributed by atoms with Crippen LogP contribution in [0.2, 0.25) is 0 Å². The van der Waals surface area contributed by atoms with E-state index < -0.39 is 6.55 Å². The first-order valence-corrected chi connectivity index (χ1v) is 7.70. The molecule has 2 aromatic rings. The maximum atomic E-state index is 12.8. The Balaban J connectivity index is 1.72. The molecule has 1 saturated heterocycles. The Bertz CT molecular complexity index is 696. The average Bonchev–Trinajstić information content (AvgIpc) is 2.98. The summed E-state index contributed by atoms with van der Waals surface area (Å²) < 4.78 is 31.5. The Morgan fingerprint density at radius 1 is 1.39 bits per heavy atom. The molecule has 0 unspecified atom stereocenters. The number of anilines is 1. The van der Waals surface area contributed by atoms with Crippen molar-refractivity contribution in [2.45, 2.75) is 26.3 Å². The molecule has 1 N–H and O–H groups in total. The summed E-state index contributed by atoms with van der Waals surface area (Å²) in [6.45, 7) is 0.627. The zero-order valence-corrected chi connectivity index (χ0v) is 12.8. The van der Waals surface area contributed by atoms with Crippen LogP contribution < -0.4 is 5.32 Å². The fraction of sp³-hybridized carbons (Fsp3) is 0.500. The molecule has 1 atom stereocenters. The number of halogens is 2. The van der Waals surface area contributed by atoms with Crippen LogP contribution in [0.4, 0.5) is 14.5 Å². The first kappa shape index (κ1) is 15.9. The highest BCUT2D eigenvalue weighted by atomic mass is 19.3. The zero-order chi connectivity index (χ0) is 16.4. The number of fused-ring (bicyclic) bond motifs is 1.